The number of ether oxygens (including phenoxy) is 1. The van der Waals surface area contributed by atoms with Crippen LogP contribution >= 0.6 is 11.8 Å². The molecule has 2 rings (SSSR count). The van der Waals surface area contributed by atoms with Gasteiger partial charge in [0.05, 0.1) is 18.2 Å². The molecule has 0 bridgehead atoms. The van der Waals surface area contributed by atoms with E-state index in [0.717, 1.165) is 4.90 Å². The molecule has 1 aromatic carbocycles. The molecule has 8 heteroatoms. The van der Waals surface area contributed by atoms with E-state index in [4.69, 9.17) is 0 Å². The molecule has 0 radical (unpaired) electrons. The fraction of sp³-hybridized carbons (Fsp3) is 0.412. The number of fused-ring (bicyclic) bond motifs is 1. The molecule has 1 aliphatic heterocycles. The van der Waals surface area contributed by atoms with E-state index in [-0.39, 0.29) is 11.1 Å². The van der Waals surface area contributed by atoms with Crippen molar-refractivity contribution < 1.29 is 23.9 Å². The van der Waals surface area contributed by atoms with Crippen molar-refractivity contribution in [2.24, 2.45) is 0 Å². The van der Waals surface area contributed by atoms with Gasteiger partial charge in [-0.15, -0.1) is 0 Å². The lowest BCUT2D eigenvalue weighted by molar-refractivity contribution is -0.145. The predicted octanol–water partition coefficient (Wildman–Crippen LogP) is 1.08. The molecule has 134 valence electrons. The van der Waals surface area contributed by atoms with Crippen molar-refractivity contribution in [2.45, 2.75) is 25.4 Å². The molecule has 0 spiro atoms. The highest BCUT2D eigenvalue weighted by Crippen LogP contribution is 2.26. The first-order valence-electron chi connectivity index (χ1n) is 7.76. The average Bonchev–Trinajstić information content (AvgIpc) is 2.86. The smallest absolute Gasteiger partial charge is 0.328 e. The van der Waals surface area contributed by atoms with E-state index in [2.05, 4.69) is 10.1 Å². The summed E-state index contributed by atoms with van der Waals surface area (Å²) in [5, 5.41) is 2.52. The van der Waals surface area contributed by atoms with Gasteiger partial charge in [-0.3, -0.25) is 19.3 Å². The minimum absolute atomic E-state index is 0.287. The van der Waals surface area contributed by atoms with Crippen molar-refractivity contribution in [3.63, 3.8) is 0 Å². The average molecular weight is 364 g/mol. The monoisotopic (exact) mass is 364 g/mol. The van der Waals surface area contributed by atoms with Crippen LogP contribution in [0.3, 0.4) is 0 Å². The summed E-state index contributed by atoms with van der Waals surface area (Å²) < 4.78 is 4.59. The summed E-state index contributed by atoms with van der Waals surface area (Å²) in [6.45, 7) is 1.48. The number of hydrogen-bond donors (Lipinski definition) is 1. The number of nitrogens with one attached hydrogen (secondary N) is 1. The van der Waals surface area contributed by atoms with Crippen molar-refractivity contribution in [3.8, 4) is 0 Å². The number of nitrogens with zero attached hydrogens (tertiary/aromatic N) is 1. The van der Waals surface area contributed by atoms with E-state index in [1.54, 1.807) is 24.3 Å². The Labute approximate surface area is 150 Å². The molecule has 0 saturated heterocycles. The zero-order valence-electron chi connectivity index (χ0n) is 14.3. The van der Waals surface area contributed by atoms with Gasteiger partial charge in [0.1, 0.15) is 12.1 Å². The lowest BCUT2D eigenvalue weighted by Gasteiger charge is -2.26. The molecular formula is C17H20N2O5S. The van der Waals surface area contributed by atoms with Crippen LogP contribution in [0.1, 0.15) is 34.1 Å². The molecule has 0 aromatic heterocycles. The number of thioether (sulfide) groups is 1. The zero-order chi connectivity index (χ0) is 18.6. The first-order valence-corrected chi connectivity index (χ1v) is 9.15. The van der Waals surface area contributed by atoms with E-state index in [1.165, 1.54) is 25.8 Å². The van der Waals surface area contributed by atoms with Gasteiger partial charge in [-0.2, -0.15) is 11.8 Å². The highest BCUT2D eigenvalue weighted by Gasteiger charge is 2.42. The highest BCUT2D eigenvalue weighted by atomic mass is 32.2. The Kier molecular flexibility index (Phi) is 6.19. The van der Waals surface area contributed by atoms with E-state index in [1.807, 2.05) is 6.26 Å². The van der Waals surface area contributed by atoms with Gasteiger partial charge in [0.15, 0.2) is 0 Å². The van der Waals surface area contributed by atoms with Crippen molar-refractivity contribution in [1.82, 2.24) is 10.2 Å². The van der Waals surface area contributed by atoms with E-state index < -0.39 is 35.8 Å². The number of benzene rings is 1. The second kappa shape index (κ2) is 8.15. The second-order valence-corrected chi connectivity index (χ2v) is 6.56. The maximum atomic E-state index is 12.6. The summed E-state index contributed by atoms with van der Waals surface area (Å²) in [7, 11) is 1.22. The van der Waals surface area contributed by atoms with Gasteiger partial charge in [0.25, 0.3) is 11.8 Å². The quantitative estimate of drug-likeness (QED) is 0.575. The molecule has 1 aliphatic rings. The fourth-order valence-corrected chi connectivity index (χ4v) is 3.10. The van der Waals surface area contributed by atoms with E-state index >= 15 is 0 Å². The second-order valence-electron chi connectivity index (χ2n) is 5.58. The number of esters is 1. The number of carbonyl (C=O) groups excluding carboxylic acids is 4. The number of imide groups is 1. The molecule has 0 saturated carbocycles. The third kappa shape index (κ3) is 3.84. The predicted molar refractivity (Wildman–Crippen MR) is 93.3 cm³/mol. The maximum Gasteiger partial charge on any atom is 0.328 e. The van der Waals surface area contributed by atoms with Gasteiger partial charge < -0.3 is 10.1 Å². The Hall–Kier alpha value is -2.35. The first-order chi connectivity index (χ1) is 11.9. The number of hydrogen-bond acceptors (Lipinski definition) is 6. The van der Waals surface area contributed by atoms with Crippen LogP contribution in [0.15, 0.2) is 24.3 Å². The van der Waals surface area contributed by atoms with Gasteiger partial charge in [0.2, 0.25) is 5.91 Å². The van der Waals surface area contributed by atoms with Crippen LogP contribution in [0.5, 0.6) is 0 Å². The van der Waals surface area contributed by atoms with Gasteiger partial charge in [-0.1, -0.05) is 12.1 Å². The molecule has 2 atom stereocenters. The summed E-state index contributed by atoms with van der Waals surface area (Å²) in [4.78, 5) is 50.4. The Morgan fingerprint density at radius 1 is 1.20 bits per heavy atom. The van der Waals surface area contributed by atoms with Crippen LogP contribution in [0.4, 0.5) is 0 Å². The van der Waals surface area contributed by atoms with Crippen LogP contribution in [0.25, 0.3) is 0 Å². The first kappa shape index (κ1) is 19.0. The largest absolute Gasteiger partial charge is 0.467 e. The van der Waals surface area contributed by atoms with Gasteiger partial charge >= 0.3 is 5.97 Å². The third-order valence-electron chi connectivity index (χ3n) is 3.95. The lowest BCUT2D eigenvalue weighted by atomic mass is 10.1. The summed E-state index contributed by atoms with van der Waals surface area (Å²) in [5.41, 5.74) is 0.575. The molecule has 3 amide bonds. The number of rotatable bonds is 7. The van der Waals surface area contributed by atoms with Crippen molar-refractivity contribution in [1.29, 1.82) is 0 Å². The summed E-state index contributed by atoms with van der Waals surface area (Å²) in [5.74, 6) is -1.56. The summed E-state index contributed by atoms with van der Waals surface area (Å²) in [6, 6.07) is 4.62. The molecule has 0 unspecified atom stereocenters. The number of methoxy groups -OCH3 is 1. The van der Waals surface area contributed by atoms with Crippen molar-refractivity contribution >= 4 is 35.5 Å². The standard InChI is InChI=1S/C17H20N2O5S/c1-10(17(23)24-2)18-14(20)13(8-9-25-3)19-15(21)11-6-4-5-7-12(11)16(19)22/h4-7,10,13H,8-9H2,1-3H3,(H,18,20)/t10-,13-/m1/s1. The Bertz CT molecular complexity index is 671. The van der Waals surface area contributed by atoms with E-state index in [0.29, 0.717) is 12.2 Å². The van der Waals surface area contributed by atoms with Gasteiger partial charge in [-0.25, -0.2) is 4.79 Å². The number of amides is 3. The van der Waals surface area contributed by atoms with Crippen molar-refractivity contribution in [2.75, 3.05) is 19.1 Å². The molecule has 0 fully saturated rings. The van der Waals surface area contributed by atoms with Crippen molar-refractivity contribution in [3.05, 3.63) is 35.4 Å². The van der Waals surface area contributed by atoms with Crippen LogP contribution < -0.4 is 5.32 Å². The molecule has 25 heavy (non-hydrogen) atoms. The van der Waals surface area contributed by atoms with E-state index in [9.17, 15) is 19.2 Å². The lowest BCUT2D eigenvalue weighted by Crippen LogP contribution is -2.53. The maximum absolute atomic E-state index is 12.6. The Balaban J connectivity index is 2.26. The SMILES string of the molecule is COC(=O)[C@@H](C)NC(=O)[C@@H](CCSC)N1C(=O)c2ccccc2C1=O. The Morgan fingerprint density at radius 3 is 2.24 bits per heavy atom. The summed E-state index contributed by atoms with van der Waals surface area (Å²) >= 11 is 1.50. The van der Waals surface area contributed by atoms with Crippen LogP contribution in [-0.4, -0.2) is 59.8 Å². The molecule has 0 aliphatic carbocycles. The minimum atomic E-state index is -0.980. The van der Waals surface area contributed by atoms with Gasteiger partial charge in [0, 0.05) is 0 Å². The fourth-order valence-electron chi connectivity index (χ4n) is 2.64. The minimum Gasteiger partial charge on any atom is -0.467 e. The molecule has 1 heterocycles. The van der Waals surface area contributed by atoms with Crippen LogP contribution in [0.2, 0.25) is 0 Å². The zero-order valence-corrected chi connectivity index (χ0v) is 15.1. The summed E-state index contributed by atoms with van der Waals surface area (Å²) in [6.07, 6.45) is 2.17. The third-order valence-corrected chi connectivity index (χ3v) is 4.59. The van der Waals surface area contributed by atoms with Crippen LogP contribution in [0, 0.1) is 0 Å². The number of carbonyl (C=O) groups is 4. The topological polar surface area (TPSA) is 92.8 Å². The molecule has 7 nitrogen and oxygen atoms in total. The molecule has 1 N–H and O–H groups in total. The Morgan fingerprint density at radius 2 is 1.76 bits per heavy atom. The molecular weight excluding hydrogens is 344 g/mol. The highest BCUT2D eigenvalue weighted by molar-refractivity contribution is 7.98. The van der Waals surface area contributed by atoms with Crippen LogP contribution in [-0.2, 0) is 14.3 Å². The molecule has 1 aromatic rings. The van der Waals surface area contributed by atoms with Gasteiger partial charge in [-0.05, 0) is 37.5 Å². The normalized spacial score (nSPS) is 15.6.